The molecule has 2 aliphatic rings. The van der Waals surface area contributed by atoms with E-state index in [1.807, 2.05) is 19.6 Å². The number of nitrogens with zero attached hydrogens (tertiary/aromatic N) is 3. The van der Waals surface area contributed by atoms with Gasteiger partial charge in [0.25, 0.3) is 5.91 Å². The summed E-state index contributed by atoms with van der Waals surface area (Å²) in [6.07, 6.45) is 0.341. The standard InChI is InChI=1S/C25H30F2N4O5Si/c1-36-20-6-5-16-19(29-20)7-8-31(25(35)30-12-14(13-30)9-21(32)33)22(16)24(34)28-15-10-17(26)23(18(27)11-15)37(2,3)4/h5-6,10-11,14,22H,7-9,12-13H2,1-4H3,(H,28,34)(H,32,33). The fraction of sp³-hybridized carbons (Fsp3) is 0.440. The normalized spacial score (nSPS) is 17.6. The van der Waals surface area contributed by atoms with Crippen molar-refractivity contribution in [3.05, 3.63) is 47.2 Å². The molecule has 3 amide bonds. The van der Waals surface area contributed by atoms with Gasteiger partial charge in [-0.25, -0.2) is 18.6 Å². The molecule has 2 aromatic rings. The van der Waals surface area contributed by atoms with Gasteiger partial charge in [-0.2, -0.15) is 0 Å². The van der Waals surface area contributed by atoms with E-state index in [9.17, 15) is 23.2 Å². The highest BCUT2D eigenvalue weighted by Gasteiger charge is 2.42. The number of carbonyl (C=O) groups is 3. The quantitative estimate of drug-likeness (QED) is 0.554. The van der Waals surface area contributed by atoms with Gasteiger partial charge < -0.3 is 25.0 Å². The summed E-state index contributed by atoms with van der Waals surface area (Å²) >= 11 is 0. The number of nitrogens with one attached hydrogen (secondary N) is 1. The van der Waals surface area contributed by atoms with Gasteiger partial charge in [0.05, 0.1) is 27.3 Å². The molecule has 0 bridgehead atoms. The molecule has 1 aromatic carbocycles. The summed E-state index contributed by atoms with van der Waals surface area (Å²) in [5.74, 6) is -2.79. The van der Waals surface area contributed by atoms with Crippen molar-refractivity contribution in [2.24, 2.45) is 5.92 Å². The van der Waals surface area contributed by atoms with Crippen LogP contribution in [0.4, 0.5) is 19.3 Å². The largest absolute Gasteiger partial charge is 0.481 e. The zero-order valence-electron chi connectivity index (χ0n) is 21.2. The van der Waals surface area contributed by atoms with Gasteiger partial charge in [-0.1, -0.05) is 19.6 Å². The van der Waals surface area contributed by atoms with Crippen LogP contribution in [0.25, 0.3) is 0 Å². The number of rotatable bonds is 6. The number of carboxylic acid groups (broad SMARTS) is 1. The van der Waals surface area contributed by atoms with E-state index in [1.54, 1.807) is 12.1 Å². The maximum atomic E-state index is 14.8. The zero-order valence-corrected chi connectivity index (χ0v) is 22.2. The molecular weight excluding hydrogens is 502 g/mol. The SMILES string of the molecule is COc1ccc2c(n1)CCN(C(=O)N1CC(CC(=O)O)C1)C2C(=O)Nc1cc(F)c([Si](C)(C)C)c(F)c1. The number of hydrogen-bond acceptors (Lipinski definition) is 5. The molecule has 9 nitrogen and oxygen atoms in total. The number of hydrogen-bond donors (Lipinski definition) is 2. The van der Waals surface area contributed by atoms with E-state index in [0.717, 1.165) is 12.1 Å². The minimum atomic E-state index is -2.30. The Balaban J connectivity index is 1.62. The molecule has 1 unspecified atom stereocenters. The van der Waals surface area contributed by atoms with Gasteiger partial charge in [-0.05, 0) is 18.2 Å². The number of carboxylic acids is 1. The van der Waals surface area contributed by atoms with Crippen molar-refractivity contribution >= 4 is 36.9 Å². The molecule has 1 atom stereocenters. The highest BCUT2D eigenvalue weighted by Crippen LogP contribution is 2.34. The molecule has 3 heterocycles. The Labute approximate surface area is 214 Å². The first-order valence-electron chi connectivity index (χ1n) is 12.0. The Bertz CT molecular complexity index is 1220. The number of pyridine rings is 1. The number of aromatic nitrogens is 1. The second-order valence-electron chi connectivity index (χ2n) is 10.4. The van der Waals surface area contributed by atoms with E-state index < -0.39 is 43.7 Å². The Kier molecular flexibility index (Phi) is 7.22. The number of methoxy groups -OCH3 is 1. The highest BCUT2D eigenvalue weighted by atomic mass is 28.3. The Hall–Kier alpha value is -3.54. The number of benzene rings is 1. The summed E-state index contributed by atoms with van der Waals surface area (Å²) in [5.41, 5.74) is 1.02. The molecule has 0 spiro atoms. The molecule has 0 saturated carbocycles. The zero-order chi connectivity index (χ0) is 27.1. The van der Waals surface area contributed by atoms with Crippen LogP contribution in [0.1, 0.15) is 23.7 Å². The number of likely N-dealkylation sites (tertiary alicyclic amines) is 1. The van der Waals surface area contributed by atoms with Gasteiger partial charge in [0.15, 0.2) is 0 Å². The minimum Gasteiger partial charge on any atom is -0.481 e. The van der Waals surface area contributed by atoms with E-state index >= 15 is 0 Å². The van der Waals surface area contributed by atoms with Crippen LogP contribution in [-0.4, -0.2) is 72.6 Å². The number of halogens is 2. The van der Waals surface area contributed by atoms with E-state index in [1.165, 1.54) is 16.9 Å². The number of amides is 3. The predicted octanol–water partition coefficient (Wildman–Crippen LogP) is 2.98. The molecule has 198 valence electrons. The maximum Gasteiger partial charge on any atom is 0.320 e. The van der Waals surface area contributed by atoms with Crippen LogP contribution in [-0.2, 0) is 16.0 Å². The molecule has 1 aromatic heterocycles. The summed E-state index contributed by atoms with van der Waals surface area (Å²) in [5, 5.41) is 11.6. The van der Waals surface area contributed by atoms with Crippen LogP contribution in [0.5, 0.6) is 5.88 Å². The molecule has 4 rings (SSSR count). The maximum absolute atomic E-state index is 14.8. The van der Waals surface area contributed by atoms with Crippen molar-refractivity contribution in [1.82, 2.24) is 14.8 Å². The number of fused-ring (bicyclic) bond motifs is 1. The summed E-state index contributed by atoms with van der Waals surface area (Å²) < 4.78 is 34.8. The lowest BCUT2D eigenvalue weighted by Crippen LogP contribution is -2.58. The van der Waals surface area contributed by atoms with Crippen LogP contribution in [0.15, 0.2) is 24.3 Å². The van der Waals surface area contributed by atoms with Gasteiger partial charge >= 0.3 is 12.0 Å². The predicted molar refractivity (Wildman–Crippen MR) is 135 cm³/mol. The van der Waals surface area contributed by atoms with Crippen LogP contribution < -0.4 is 15.2 Å². The van der Waals surface area contributed by atoms with Crippen molar-refractivity contribution in [2.45, 2.75) is 38.5 Å². The third kappa shape index (κ3) is 5.43. The lowest BCUT2D eigenvalue weighted by Gasteiger charge is -2.44. The Morgan fingerprint density at radius 1 is 1.16 bits per heavy atom. The van der Waals surface area contributed by atoms with Gasteiger partial charge in [-0.15, -0.1) is 0 Å². The van der Waals surface area contributed by atoms with Crippen LogP contribution in [0.3, 0.4) is 0 Å². The molecule has 1 fully saturated rings. The first-order chi connectivity index (χ1) is 17.4. The van der Waals surface area contributed by atoms with Gasteiger partial charge in [0, 0.05) is 54.5 Å². The number of carbonyl (C=O) groups excluding carboxylic acids is 2. The molecular formula is C25H30F2N4O5Si. The van der Waals surface area contributed by atoms with Crippen LogP contribution in [0, 0.1) is 17.6 Å². The first kappa shape index (κ1) is 26.5. The minimum absolute atomic E-state index is 0.0369. The lowest BCUT2D eigenvalue weighted by molar-refractivity contribution is -0.139. The molecule has 0 aliphatic carbocycles. The fourth-order valence-electron chi connectivity index (χ4n) is 4.92. The summed E-state index contributed by atoms with van der Waals surface area (Å²) in [7, 11) is -0.830. The van der Waals surface area contributed by atoms with E-state index in [4.69, 9.17) is 9.84 Å². The second kappa shape index (κ2) is 10.1. The second-order valence-corrected chi connectivity index (χ2v) is 15.4. The van der Waals surface area contributed by atoms with Crippen LogP contribution in [0.2, 0.25) is 19.6 Å². The van der Waals surface area contributed by atoms with E-state index in [-0.39, 0.29) is 42.8 Å². The van der Waals surface area contributed by atoms with Crippen molar-refractivity contribution < 1.29 is 33.0 Å². The lowest BCUT2D eigenvalue weighted by atomic mass is 9.94. The summed E-state index contributed by atoms with van der Waals surface area (Å²) in [4.78, 5) is 45.2. The average Bonchev–Trinajstić information content (AvgIpc) is 2.77. The third-order valence-corrected chi connectivity index (χ3v) is 8.61. The van der Waals surface area contributed by atoms with Crippen molar-refractivity contribution in [1.29, 1.82) is 0 Å². The van der Waals surface area contributed by atoms with Crippen molar-refractivity contribution in [3.8, 4) is 5.88 Å². The fourth-order valence-corrected chi connectivity index (χ4v) is 6.50. The van der Waals surface area contributed by atoms with E-state index in [0.29, 0.717) is 23.6 Å². The molecule has 2 N–H and O–H groups in total. The van der Waals surface area contributed by atoms with Gasteiger partial charge in [0.2, 0.25) is 5.88 Å². The average molecular weight is 533 g/mol. The van der Waals surface area contributed by atoms with Crippen molar-refractivity contribution in [3.63, 3.8) is 0 Å². The first-order valence-corrected chi connectivity index (χ1v) is 15.5. The molecule has 12 heteroatoms. The molecule has 0 radical (unpaired) electrons. The van der Waals surface area contributed by atoms with Gasteiger partial charge in [0.1, 0.15) is 17.7 Å². The topological polar surface area (TPSA) is 112 Å². The summed E-state index contributed by atoms with van der Waals surface area (Å²) in [6, 6.07) is 3.93. The molecule has 2 aliphatic heterocycles. The highest BCUT2D eigenvalue weighted by molar-refractivity contribution is 6.88. The van der Waals surface area contributed by atoms with Crippen LogP contribution >= 0.6 is 0 Å². The number of aliphatic carboxylic acids is 1. The number of urea groups is 1. The summed E-state index contributed by atoms with van der Waals surface area (Å²) in [6.45, 7) is 6.21. The van der Waals surface area contributed by atoms with Gasteiger partial charge in [-0.3, -0.25) is 9.59 Å². The van der Waals surface area contributed by atoms with E-state index in [2.05, 4.69) is 10.3 Å². The smallest absolute Gasteiger partial charge is 0.320 e. The molecule has 37 heavy (non-hydrogen) atoms. The number of anilines is 1. The Morgan fingerprint density at radius 2 is 1.81 bits per heavy atom. The monoisotopic (exact) mass is 532 g/mol. The molecule has 1 saturated heterocycles. The number of ether oxygens (including phenoxy) is 1. The third-order valence-electron chi connectivity index (χ3n) is 6.63. The van der Waals surface area contributed by atoms with Crippen molar-refractivity contribution in [2.75, 3.05) is 32.1 Å². The Morgan fingerprint density at radius 3 is 2.38 bits per heavy atom.